The Bertz CT molecular complexity index is 838. The van der Waals surface area contributed by atoms with Crippen molar-refractivity contribution in [1.29, 1.82) is 0 Å². The zero-order valence-electron chi connectivity index (χ0n) is 14.5. The lowest BCUT2D eigenvalue weighted by Gasteiger charge is -2.23. The third kappa shape index (κ3) is 5.21. The predicted octanol–water partition coefficient (Wildman–Crippen LogP) is 5.60. The topological polar surface area (TPSA) is 25.4 Å². The molecule has 0 fully saturated rings. The number of methoxy groups -OCH3 is 1. The highest BCUT2D eigenvalue weighted by Gasteiger charge is 2.10. The van der Waals surface area contributed by atoms with Crippen molar-refractivity contribution in [3.8, 4) is 5.75 Å². The lowest BCUT2D eigenvalue weighted by atomic mass is 10.1. The molecule has 0 N–H and O–H groups in total. The first-order valence-corrected chi connectivity index (χ1v) is 9.08. The summed E-state index contributed by atoms with van der Waals surface area (Å²) < 4.78 is 5.24. The van der Waals surface area contributed by atoms with E-state index >= 15 is 0 Å². The van der Waals surface area contributed by atoms with Crippen LogP contribution in [0.25, 0.3) is 0 Å². The van der Waals surface area contributed by atoms with Crippen LogP contribution < -0.4 is 4.74 Å². The molecular weight excluding hydrogens is 367 g/mol. The van der Waals surface area contributed by atoms with Gasteiger partial charge in [-0.05, 0) is 53.1 Å². The SMILES string of the molecule is COc1ccc(CN(Cc2ccncc2)Cc2ccc(Cl)c(Cl)c2)cc1. The fourth-order valence-electron chi connectivity index (χ4n) is 2.80. The Labute approximate surface area is 164 Å². The lowest BCUT2D eigenvalue weighted by molar-refractivity contribution is 0.247. The monoisotopic (exact) mass is 386 g/mol. The van der Waals surface area contributed by atoms with Gasteiger partial charge in [0.1, 0.15) is 5.75 Å². The van der Waals surface area contributed by atoms with Gasteiger partial charge in [0.25, 0.3) is 0 Å². The first-order valence-electron chi connectivity index (χ1n) is 8.32. The van der Waals surface area contributed by atoms with Crippen LogP contribution in [-0.2, 0) is 19.6 Å². The second-order valence-corrected chi connectivity index (χ2v) is 6.91. The largest absolute Gasteiger partial charge is 0.497 e. The molecular formula is C21H20Cl2N2O. The number of ether oxygens (including phenoxy) is 1. The first kappa shape index (κ1) is 18.7. The molecule has 2 aromatic carbocycles. The molecule has 0 bridgehead atoms. The number of hydrogen-bond acceptors (Lipinski definition) is 3. The molecule has 3 nitrogen and oxygen atoms in total. The van der Waals surface area contributed by atoms with E-state index in [0.29, 0.717) is 10.0 Å². The highest BCUT2D eigenvalue weighted by Crippen LogP contribution is 2.24. The number of hydrogen-bond donors (Lipinski definition) is 0. The highest BCUT2D eigenvalue weighted by atomic mass is 35.5. The average Bonchev–Trinajstić information content (AvgIpc) is 2.66. The molecule has 3 rings (SSSR count). The van der Waals surface area contributed by atoms with Crippen molar-refractivity contribution in [3.63, 3.8) is 0 Å². The summed E-state index contributed by atoms with van der Waals surface area (Å²) in [6.07, 6.45) is 3.64. The molecule has 0 atom stereocenters. The van der Waals surface area contributed by atoms with E-state index in [1.807, 2.05) is 54.9 Å². The summed E-state index contributed by atoms with van der Waals surface area (Å²) in [4.78, 5) is 6.45. The van der Waals surface area contributed by atoms with Gasteiger partial charge in [0.2, 0.25) is 0 Å². The van der Waals surface area contributed by atoms with Gasteiger partial charge in [0.05, 0.1) is 17.2 Å². The summed E-state index contributed by atoms with van der Waals surface area (Å²) in [6, 6.07) is 18.0. The van der Waals surface area contributed by atoms with Crippen molar-refractivity contribution >= 4 is 23.2 Å². The van der Waals surface area contributed by atoms with Gasteiger partial charge in [-0.25, -0.2) is 0 Å². The minimum Gasteiger partial charge on any atom is -0.497 e. The second kappa shape index (κ2) is 9.04. The fraction of sp³-hybridized carbons (Fsp3) is 0.190. The summed E-state index contributed by atoms with van der Waals surface area (Å²) in [6.45, 7) is 2.40. The van der Waals surface area contributed by atoms with Gasteiger partial charge < -0.3 is 4.74 Å². The van der Waals surface area contributed by atoms with E-state index in [9.17, 15) is 0 Å². The zero-order valence-corrected chi connectivity index (χ0v) is 16.0. The first-order chi connectivity index (χ1) is 12.6. The minimum absolute atomic E-state index is 0.575. The molecule has 3 aromatic rings. The van der Waals surface area contributed by atoms with Gasteiger partial charge in [0.15, 0.2) is 0 Å². The van der Waals surface area contributed by atoms with Crippen LogP contribution in [0.3, 0.4) is 0 Å². The summed E-state index contributed by atoms with van der Waals surface area (Å²) in [5, 5.41) is 1.16. The summed E-state index contributed by atoms with van der Waals surface area (Å²) >= 11 is 12.2. The zero-order chi connectivity index (χ0) is 18.4. The van der Waals surface area contributed by atoms with E-state index < -0.39 is 0 Å². The van der Waals surface area contributed by atoms with Crippen molar-refractivity contribution < 1.29 is 4.74 Å². The molecule has 26 heavy (non-hydrogen) atoms. The van der Waals surface area contributed by atoms with Gasteiger partial charge in [-0.3, -0.25) is 9.88 Å². The molecule has 0 saturated heterocycles. The van der Waals surface area contributed by atoms with Crippen LogP contribution in [-0.4, -0.2) is 17.0 Å². The maximum Gasteiger partial charge on any atom is 0.118 e. The summed E-state index contributed by atoms with van der Waals surface area (Å²) in [5.41, 5.74) is 3.57. The van der Waals surface area contributed by atoms with E-state index in [2.05, 4.69) is 22.0 Å². The molecule has 0 aliphatic carbocycles. The van der Waals surface area contributed by atoms with Crippen LogP contribution in [0.1, 0.15) is 16.7 Å². The van der Waals surface area contributed by atoms with Crippen LogP contribution in [0.4, 0.5) is 0 Å². The summed E-state index contributed by atoms with van der Waals surface area (Å²) in [7, 11) is 1.68. The van der Waals surface area contributed by atoms with Crippen molar-refractivity contribution in [3.05, 3.63) is 93.7 Å². The van der Waals surface area contributed by atoms with Crippen LogP contribution in [0.5, 0.6) is 5.75 Å². The highest BCUT2D eigenvalue weighted by molar-refractivity contribution is 6.42. The van der Waals surface area contributed by atoms with Crippen LogP contribution in [0, 0.1) is 0 Å². The molecule has 0 amide bonds. The number of rotatable bonds is 7. The van der Waals surface area contributed by atoms with Crippen molar-refractivity contribution in [2.45, 2.75) is 19.6 Å². The Morgan fingerprint density at radius 2 is 1.35 bits per heavy atom. The molecule has 0 spiro atoms. The van der Waals surface area contributed by atoms with E-state index in [1.165, 1.54) is 11.1 Å². The Kier molecular flexibility index (Phi) is 6.51. The number of nitrogens with zero attached hydrogens (tertiary/aromatic N) is 2. The van der Waals surface area contributed by atoms with Gasteiger partial charge >= 0.3 is 0 Å². The number of pyridine rings is 1. The molecule has 0 unspecified atom stereocenters. The molecule has 0 aliphatic heterocycles. The third-order valence-corrected chi connectivity index (χ3v) is 4.85. The molecule has 0 radical (unpaired) electrons. The molecule has 5 heteroatoms. The molecule has 0 saturated carbocycles. The molecule has 1 aromatic heterocycles. The normalized spacial score (nSPS) is 10.9. The van der Waals surface area contributed by atoms with E-state index in [0.717, 1.165) is 30.9 Å². The van der Waals surface area contributed by atoms with Crippen molar-refractivity contribution in [2.75, 3.05) is 7.11 Å². The van der Waals surface area contributed by atoms with Gasteiger partial charge in [0, 0.05) is 32.0 Å². The maximum absolute atomic E-state index is 6.18. The lowest BCUT2D eigenvalue weighted by Crippen LogP contribution is -2.22. The number of benzene rings is 2. The molecule has 134 valence electrons. The number of halogens is 2. The van der Waals surface area contributed by atoms with Gasteiger partial charge in [-0.1, -0.05) is 41.4 Å². The molecule has 1 heterocycles. The minimum atomic E-state index is 0.575. The fourth-order valence-corrected chi connectivity index (χ4v) is 3.12. The van der Waals surface area contributed by atoms with Crippen molar-refractivity contribution in [1.82, 2.24) is 9.88 Å². The van der Waals surface area contributed by atoms with E-state index in [1.54, 1.807) is 7.11 Å². The molecule has 0 aliphatic rings. The second-order valence-electron chi connectivity index (χ2n) is 6.10. The maximum atomic E-state index is 6.18. The van der Waals surface area contributed by atoms with Crippen molar-refractivity contribution in [2.24, 2.45) is 0 Å². The smallest absolute Gasteiger partial charge is 0.118 e. The van der Waals surface area contributed by atoms with E-state index in [-0.39, 0.29) is 0 Å². The van der Waals surface area contributed by atoms with E-state index in [4.69, 9.17) is 27.9 Å². The average molecular weight is 387 g/mol. The van der Waals surface area contributed by atoms with Crippen LogP contribution in [0.15, 0.2) is 67.0 Å². The predicted molar refractivity (Wildman–Crippen MR) is 107 cm³/mol. The Balaban J connectivity index is 1.79. The third-order valence-electron chi connectivity index (χ3n) is 4.11. The Morgan fingerprint density at radius 3 is 1.96 bits per heavy atom. The van der Waals surface area contributed by atoms with Crippen LogP contribution in [0.2, 0.25) is 10.0 Å². The van der Waals surface area contributed by atoms with Gasteiger partial charge in [-0.2, -0.15) is 0 Å². The standard InChI is InChI=1S/C21H20Cl2N2O/c1-26-19-5-2-16(3-6-19)13-25(14-17-8-10-24-11-9-17)15-18-4-7-20(22)21(23)12-18/h2-12H,13-15H2,1H3. The Morgan fingerprint density at radius 1 is 0.769 bits per heavy atom. The quantitative estimate of drug-likeness (QED) is 0.528. The van der Waals surface area contributed by atoms with Gasteiger partial charge in [-0.15, -0.1) is 0 Å². The number of aromatic nitrogens is 1. The van der Waals surface area contributed by atoms with Crippen LogP contribution >= 0.6 is 23.2 Å². The summed E-state index contributed by atoms with van der Waals surface area (Å²) in [5.74, 6) is 0.860. The Hall–Kier alpha value is -2.07.